The first-order valence-corrected chi connectivity index (χ1v) is 5.72. The molecule has 18 heavy (non-hydrogen) atoms. The summed E-state index contributed by atoms with van der Waals surface area (Å²) in [4.78, 5) is 21.2. The maximum absolute atomic E-state index is 11.0. The molecule has 94 valence electrons. The number of carboxylic acid groups (broad SMARTS) is 1. The van der Waals surface area contributed by atoms with Gasteiger partial charge < -0.3 is 5.11 Å². The first kappa shape index (κ1) is 14.1. The molecular formula is C12H11NO4S. The molecule has 1 aromatic rings. The second-order valence-corrected chi connectivity index (χ2v) is 3.95. The van der Waals surface area contributed by atoms with Gasteiger partial charge in [-0.05, 0) is 13.0 Å². The highest BCUT2D eigenvalue weighted by Gasteiger charge is 2.19. The molecule has 0 aromatic heterocycles. The minimum atomic E-state index is -1.20. The summed E-state index contributed by atoms with van der Waals surface area (Å²) in [5.74, 6) is 4.83. The van der Waals surface area contributed by atoms with E-state index in [9.17, 15) is 14.9 Å². The van der Waals surface area contributed by atoms with Crippen LogP contribution in [-0.2, 0) is 0 Å². The molecule has 0 aliphatic rings. The summed E-state index contributed by atoms with van der Waals surface area (Å²) in [6.45, 7) is 1.41. The molecule has 5 nitrogen and oxygen atoms in total. The van der Waals surface area contributed by atoms with Crippen LogP contribution in [-0.4, -0.2) is 21.8 Å². The number of carboxylic acids is 1. The van der Waals surface area contributed by atoms with Crippen LogP contribution in [0.3, 0.4) is 0 Å². The van der Waals surface area contributed by atoms with Crippen LogP contribution in [0, 0.1) is 28.9 Å². The van der Waals surface area contributed by atoms with Crippen LogP contribution < -0.4 is 0 Å². The minimum Gasteiger partial charge on any atom is -0.478 e. The fraction of sp³-hybridized carbons (Fsp3) is 0.250. The maximum atomic E-state index is 11.0. The van der Waals surface area contributed by atoms with Crippen molar-refractivity contribution < 1.29 is 14.8 Å². The Labute approximate surface area is 109 Å². The second kappa shape index (κ2) is 6.07. The van der Waals surface area contributed by atoms with Crippen molar-refractivity contribution >= 4 is 24.3 Å². The Kier molecular flexibility index (Phi) is 4.75. The van der Waals surface area contributed by atoms with Gasteiger partial charge in [0, 0.05) is 29.4 Å². The Hall–Kier alpha value is -2.00. The van der Waals surface area contributed by atoms with Gasteiger partial charge in [-0.1, -0.05) is 11.8 Å². The van der Waals surface area contributed by atoms with E-state index < -0.39 is 10.9 Å². The molecular weight excluding hydrogens is 254 g/mol. The van der Waals surface area contributed by atoms with E-state index in [1.807, 2.05) is 0 Å². The zero-order valence-corrected chi connectivity index (χ0v) is 10.5. The molecule has 0 radical (unpaired) electrons. The molecule has 0 bridgehead atoms. The Balaban J connectivity index is 3.35. The Morgan fingerprint density at radius 3 is 2.72 bits per heavy atom. The van der Waals surface area contributed by atoms with Crippen molar-refractivity contribution in [1.82, 2.24) is 0 Å². The third-order valence-corrected chi connectivity index (χ3v) is 2.50. The summed E-state index contributed by atoms with van der Waals surface area (Å²) in [7, 11) is 0. The highest BCUT2D eigenvalue weighted by Crippen LogP contribution is 2.23. The highest BCUT2D eigenvalue weighted by atomic mass is 32.1. The van der Waals surface area contributed by atoms with Crippen LogP contribution in [0.4, 0.5) is 5.69 Å². The summed E-state index contributed by atoms with van der Waals surface area (Å²) in [5, 5.41) is 19.8. The third-order valence-electron chi connectivity index (χ3n) is 2.28. The highest BCUT2D eigenvalue weighted by molar-refractivity contribution is 7.80. The van der Waals surface area contributed by atoms with Gasteiger partial charge in [0.2, 0.25) is 0 Å². The van der Waals surface area contributed by atoms with E-state index in [0.717, 1.165) is 0 Å². The Bertz CT molecular complexity index is 522. The predicted molar refractivity (Wildman–Crippen MR) is 70.1 cm³/mol. The lowest BCUT2D eigenvalue weighted by Crippen LogP contribution is -2.04. The van der Waals surface area contributed by atoms with Crippen molar-refractivity contribution in [2.45, 2.75) is 13.3 Å². The topological polar surface area (TPSA) is 80.4 Å². The smallest absolute Gasteiger partial charge is 0.336 e. The number of hydrogen-bond donors (Lipinski definition) is 2. The number of benzene rings is 1. The van der Waals surface area contributed by atoms with E-state index in [2.05, 4.69) is 24.5 Å². The van der Waals surface area contributed by atoms with Gasteiger partial charge in [-0.15, -0.1) is 0 Å². The molecule has 0 saturated carbocycles. The van der Waals surface area contributed by atoms with Crippen LogP contribution in [0.15, 0.2) is 12.1 Å². The standard InChI is InChI=1S/C12H11NO4S/c1-8-10(12(14)15)6-9(4-2-3-5-18)7-11(8)13(16)17/h6-7,18H,3,5H2,1H3,(H,14,15). The fourth-order valence-corrected chi connectivity index (χ4v) is 1.52. The van der Waals surface area contributed by atoms with Gasteiger partial charge in [0.05, 0.1) is 10.5 Å². The number of thiol groups is 1. The number of nitrogens with zero attached hydrogens (tertiary/aromatic N) is 1. The molecule has 0 unspecified atom stereocenters. The molecule has 0 aliphatic carbocycles. The van der Waals surface area contributed by atoms with Crippen molar-refractivity contribution in [3.63, 3.8) is 0 Å². The average Bonchev–Trinajstić information content (AvgIpc) is 2.30. The lowest BCUT2D eigenvalue weighted by molar-refractivity contribution is -0.385. The molecule has 0 aliphatic heterocycles. The van der Waals surface area contributed by atoms with Crippen molar-refractivity contribution in [2.75, 3.05) is 5.75 Å². The molecule has 1 rings (SSSR count). The summed E-state index contributed by atoms with van der Waals surface area (Å²) < 4.78 is 0. The van der Waals surface area contributed by atoms with Gasteiger partial charge in [-0.2, -0.15) is 12.6 Å². The SMILES string of the molecule is Cc1c(C(=O)O)cc(C#CCCS)cc1[N+](=O)[O-]. The van der Waals surface area contributed by atoms with E-state index in [-0.39, 0.29) is 16.8 Å². The van der Waals surface area contributed by atoms with Crippen LogP contribution in [0.2, 0.25) is 0 Å². The van der Waals surface area contributed by atoms with E-state index in [4.69, 9.17) is 5.11 Å². The van der Waals surface area contributed by atoms with Crippen molar-refractivity contribution in [2.24, 2.45) is 0 Å². The summed E-state index contributed by atoms with van der Waals surface area (Å²) in [5.41, 5.74) is 0.128. The molecule has 1 N–H and O–H groups in total. The van der Waals surface area contributed by atoms with E-state index in [1.165, 1.54) is 19.1 Å². The second-order valence-electron chi connectivity index (χ2n) is 3.51. The largest absolute Gasteiger partial charge is 0.478 e. The van der Waals surface area contributed by atoms with Crippen molar-refractivity contribution in [3.8, 4) is 11.8 Å². The summed E-state index contributed by atoms with van der Waals surface area (Å²) in [6.07, 6.45) is 0.535. The van der Waals surface area contributed by atoms with E-state index >= 15 is 0 Å². The Morgan fingerprint density at radius 1 is 1.56 bits per heavy atom. The van der Waals surface area contributed by atoms with E-state index in [1.54, 1.807) is 0 Å². The van der Waals surface area contributed by atoms with Crippen molar-refractivity contribution in [3.05, 3.63) is 38.9 Å². The number of aromatic carboxylic acids is 1. The fourth-order valence-electron chi connectivity index (χ4n) is 1.40. The van der Waals surface area contributed by atoms with Gasteiger partial charge in [0.15, 0.2) is 0 Å². The zero-order valence-electron chi connectivity index (χ0n) is 9.64. The predicted octanol–water partition coefficient (Wildman–Crippen LogP) is 2.27. The molecule has 6 heteroatoms. The third kappa shape index (κ3) is 3.25. The quantitative estimate of drug-likeness (QED) is 0.380. The number of rotatable bonds is 3. The molecule has 0 saturated heterocycles. The molecule has 0 amide bonds. The summed E-state index contributed by atoms with van der Waals surface area (Å²) >= 11 is 3.98. The van der Waals surface area contributed by atoms with Gasteiger partial charge in [0.25, 0.3) is 5.69 Å². The lowest BCUT2D eigenvalue weighted by Gasteiger charge is -2.03. The summed E-state index contributed by atoms with van der Waals surface area (Å²) in [6, 6.07) is 2.63. The maximum Gasteiger partial charge on any atom is 0.336 e. The first-order chi connectivity index (χ1) is 8.47. The normalized spacial score (nSPS) is 9.44. The van der Waals surface area contributed by atoms with Crippen LogP contribution in [0.25, 0.3) is 0 Å². The number of nitro groups is 1. The first-order valence-electron chi connectivity index (χ1n) is 5.09. The average molecular weight is 265 g/mol. The van der Waals surface area contributed by atoms with Gasteiger partial charge in [0.1, 0.15) is 0 Å². The van der Waals surface area contributed by atoms with Crippen LogP contribution >= 0.6 is 12.6 Å². The number of nitro benzene ring substituents is 1. The molecule has 0 heterocycles. The lowest BCUT2D eigenvalue weighted by atomic mass is 10.0. The number of carbonyl (C=O) groups is 1. The van der Waals surface area contributed by atoms with Gasteiger partial charge >= 0.3 is 5.97 Å². The van der Waals surface area contributed by atoms with Crippen LogP contribution in [0.1, 0.15) is 27.9 Å². The minimum absolute atomic E-state index is 0.0978. The van der Waals surface area contributed by atoms with Gasteiger partial charge in [-0.3, -0.25) is 10.1 Å². The molecule has 0 fully saturated rings. The zero-order chi connectivity index (χ0) is 13.7. The monoisotopic (exact) mass is 265 g/mol. The Morgan fingerprint density at radius 2 is 2.22 bits per heavy atom. The molecule has 0 atom stereocenters. The van der Waals surface area contributed by atoms with Gasteiger partial charge in [-0.25, -0.2) is 4.79 Å². The number of hydrogen-bond acceptors (Lipinski definition) is 4. The molecule has 1 aromatic carbocycles. The van der Waals surface area contributed by atoms with E-state index in [0.29, 0.717) is 17.7 Å². The van der Waals surface area contributed by atoms with Crippen molar-refractivity contribution in [1.29, 1.82) is 0 Å². The van der Waals surface area contributed by atoms with Crippen LogP contribution in [0.5, 0.6) is 0 Å². The molecule has 0 spiro atoms.